The van der Waals surface area contributed by atoms with Crippen molar-refractivity contribution in [1.82, 2.24) is 3.53 Å². The van der Waals surface area contributed by atoms with Gasteiger partial charge in [0, 0.05) is 0 Å². The van der Waals surface area contributed by atoms with Gasteiger partial charge in [-0.1, -0.05) is 0 Å². The number of halogens is 1. The quantitative estimate of drug-likeness (QED) is 0.113. The second kappa shape index (κ2) is 12.1. The molecule has 0 aliphatic heterocycles. The van der Waals surface area contributed by atoms with E-state index in [0.717, 1.165) is 11.3 Å². The number of para-hydroxylation sites is 1. The van der Waals surface area contributed by atoms with Crippen molar-refractivity contribution in [1.29, 1.82) is 0 Å². The molecule has 0 atom stereocenters. The molecule has 0 unspecified atom stereocenters. The Hall–Kier alpha value is -1.98. The molecule has 4 aromatic carbocycles. The zero-order valence-electron chi connectivity index (χ0n) is 25.8. The Labute approximate surface area is 263 Å². The van der Waals surface area contributed by atoms with Gasteiger partial charge < -0.3 is 0 Å². The summed E-state index contributed by atoms with van der Waals surface area (Å²) in [6.07, 6.45) is 12.2. The SMILES string of the molecule is C[N](C)[Pd]([Cl])([c]1ccccc1)([c]1ccccc1)([c]1ccccc1-c1ccccc1N)[P](C1CCCCC1)C1CCCCC1. The Morgan fingerprint density at radius 1 is 0.581 bits per heavy atom. The van der Waals surface area contributed by atoms with Gasteiger partial charge in [-0.25, -0.2) is 0 Å². The zero-order valence-corrected chi connectivity index (χ0v) is 29.0. The van der Waals surface area contributed by atoms with E-state index in [1.807, 2.05) is 12.1 Å². The van der Waals surface area contributed by atoms with Crippen molar-refractivity contribution in [3.63, 3.8) is 0 Å². The van der Waals surface area contributed by atoms with Crippen LogP contribution in [0.5, 0.6) is 0 Å². The minimum absolute atomic E-state index is 0.598. The molecule has 43 heavy (non-hydrogen) atoms. The van der Waals surface area contributed by atoms with E-state index in [9.17, 15) is 9.53 Å². The summed E-state index contributed by atoms with van der Waals surface area (Å²) in [7, 11) is 14.3. The van der Waals surface area contributed by atoms with Gasteiger partial charge in [0.25, 0.3) is 0 Å². The van der Waals surface area contributed by atoms with Gasteiger partial charge in [0.15, 0.2) is 0 Å². The normalized spacial score (nSPS) is 18.8. The van der Waals surface area contributed by atoms with Crippen LogP contribution in [0.15, 0.2) is 109 Å². The molecule has 232 valence electrons. The maximum absolute atomic E-state index is 9.68. The van der Waals surface area contributed by atoms with Crippen molar-refractivity contribution in [3.05, 3.63) is 109 Å². The van der Waals surface area contributed by atoms with Gasteiger partial charge in [0.2, 0.25) is 0 Å². The standard InChI is InChI=1S/C12H10N.C12H22P.2C6H5.C2H6N.ClH.Pd/c13-12-9-5-4-8-11(12)10-6-2-1-3-7-10;1-3-7-11(8-4-1)13-12-9-5-2-6-10-12;2*1-2-4-6-5-3-1;1-3-2;;/h1-6,8-9H,13H2;11-12H,1-10H2;2*1-5H;1-2H3;1H;/q;-1;;;-1;;+3/p-1. The van der Waals surface area contributed by atoms with Crippen LogP contribution in [0.1, 0.15) is 64.2 Å². The number of nitrogens with zero attached hydrogens (tertiary/aromatic N) is 1. The molecule has 0 radical (unpaired) electrons. The Kier molecular flexibility index (Phi) is 8.72. The molecular formula is C38H48ClN2PPd. The Morgan fingerprint density at radius 3 is 1.47 bits per heavy atom. The molecule has 0 saturated heterocycles. The second-order valence-electron chi connectivity index (χ2n) is 12.2. The predicted octanol–water partition coefficient (Wildman–Crippen LogP) is 9.13. The summed E-state index contributed by atoms with van der Waals surface area (Å²) in [5.41, 5.74) is 11.1. The fourth-order valence-electron chi connectivity index (χ4n) is 7.66. The summed E-state index contributed by atoms with van der Waals surface area (Å²) >= 11 is -5.20. The van der Waals surface area contributed by atoms with Crippen LogP contribution >= 0.6 is 15.6 Å². The summed E-state index contributed by atoms with van der Waals surface area (Å²) in [6, 6.07) is 40.3. The molecule has 2 fully saturated rings. The first-order chi connectivity index (χ1) is 20.9. The monoisotopic (exact) mass is 704 g/mol. The van der Waals surface area contributed by atoms with Crippen LogP contribution in [0.2, 0.25) is 0 Å². The molecule has 6 rings (SSSR count). The average molecular weight is 706 g/mol. The fourth-order valence-corrected chi connectivity index (χ4v) is 43.7. The molecule has 5 heteroatoms. The molecule has 2 saturated carbocycles. The van der Waals surface area contributed by atoms with Crippen LogP contribution in [0.3, 0.4) is 0 Å². The first kappa shape index (κ1) is 31.0. The van der Waals surface area contributed by atoms with Crippen LogP contribution in [0, 0.1) is 0 Å². The number of rotatable bonds is 8. The molecule has 0 spiro atoms. The molecule has 0 amide bonds. The van der Waals surface area contributed by atoms with E-state index in [2.05, 4.69) is 115 Å². The maximum atomic E-state index is 9.68. The summed E-state index contributed by atoms with van der Waals surface area (Å²) in [5.74, 6) is 0. The Bertz CT molecular complexity index is 1490. The average Bonchev–Trinajstić information content (AvgIpc) is 3.07. The van der Waals surface area contributed by atoms with Crippen molar-refractivity contribution < 1.29 is 11.8 Å². The van der Waals surface area contributed by atoms with E-state index in [4.69, 9.17) is 5.73 Å². The Morgan fingerprint density at radius 2 is 1.00 bits per heavy atom. The molecule has 2 N–H and O–H groups in total. The minimum atomic E-state index is -5.20. The third-order valence-corrected chi connectivity index (χ3v) is 42.8. The molecule has 0 heterocycles. The van der Waals surface area contributed by atoms with E-state index in [-0.39, 0.29) is 0 Å². The zero-order chi connectivity index (χ0) is 30.0. The fraction of sp³-hybridized carbons (Fsp3) is 0.368. The molecule has 4 aromatic rings. The number of hydrogen-bond acceptors (Lipinski definition) is 2. The molecule has 0 bridgehead atoms. The van der Waals surface area contributed by atoms with Gasteiger partial charge in [0.05, 0.1) is 0 Å². The van der Waals surface area contributed by atoms with Crippen LogP contribution in [-0.2, 0) is 11.8 Å². The number of nitrogen functional groups attached to an aromatic ring is 1. The molecule has 2 nitrogen and oxygen atoms in total. The second-order valence-corrected chi connectivity index (χ2v) is 34.2. The molecule has 2 aliphatic carbocycles. The summed E-state index contributed by atoms with van der Waals surface area (Å²) in [6.45, 7) is 0. The number of benzene rings is 4. The van der Waals surface area contributed by atoms with Gasteiger partial charge in [0.1, 0.15) is 0 Å². The van der Waals surface area contributed by atoms with Crippen LogP contribution in [0.4, 0.5) is 5.69 Å². The van der Waals surface area contributed by atoms with Crippen molar-refractivity contribution in [2.24, 2.45) is 0 Å². The summed E-state index contributed by atoms with van der Waals surface area (Å²) in [4.78, 5) is 0. The van der Waals surface area contributed by atoms with Crippen molar-refractivity contribution in [2.45, 2.75) is 75.5 Å². The first-order valence-corrected chi connectivity index (χ1v) is 24.4. The van der Waals surface area contributed by atoms with Gasteiger partial charge in [-0.15, -0.1) is 0 Å². The van der Waals surface area contributed by atoms with E-state index < -0.39 is 17.9 Å². The van der Waals surface area contributed by atoms with Crippen LogP contribution in [-0.4, -0.2) is 28.9 Å². The summed E-state index contributed by atoms with van der Waals surface area (Å²) < 4.78 is 6.54. The third-order valence-electron chi connectivity index (χ3n) is 9.58. The van der Waals surface area contributed by atoms with Crippen molar-refractivity contribution in [2.75, 3.05) is 19.8 Å². The molecular weight excluding hydrogens is 657 g/mol. The van der Waals surface area contributed by atoms with Gasteiger partial charge in [-0.05, 0) is 0 Å². The summed E-state index contributed by atoms with van der Waals surface area (Å²) in [5, 5.41) is 0. The third kappa shape index (κ3) is 4.45. The van der Waals surface area contributed by atoms with Gasteiger partial charge >= 0.3 is 264 Å². The molecule has 2 aliphatic rings. The van der Waals surface area contributed by atoms with Crippen molar-refractivity contribution in [3.8, 4) is 11.1 Å². The van der Waals surface area contributed by atoms with E-state index in [1.165, 1.54) is 81.9 Å². The topological polar surface area (TPSA) is 29.3 Å². The van der Waals surface area contributed by atoms with Crippen LogP contribution < -0.4 is 17.8 Å². The predicted molar refractivity (Wildman–Crippen MR) is 188 cm³/mol. The van der Waals surface area contributed by atoms with Gasteiger partial charge in [-0.3, -0.25) is 0 Å². The molecule has 0 aromatic heterocycles. The van der Waals surface area contributed by atoms with Crippen molar-refractivity contribution >= 4 is 33.4 Å². The number of hydrogen-bond donors (Lipinski definition) is 1. The van der Waals surface area contributed by atoms with E-state index in [1.54, 1.807) is 0 Å². The van der Waals surface area contributed by atoms with Crippen LogP contribution in [0.25, 0.3) is 11.1 Å². The first-order valence-electron chi connectivity index (χ1n) is 15.9. The van der Waals surface area contributed by atoms with E-state index >= 15 is 0 Å². The van der Waals surface area contributed by atoms with E-state index in [0.29, 0.717) is 11.3 Å². The number of anilines is 1. The number of nitrogens with two attached hydrogens (primary N) is 1. The van der Waals surface area contributed by atoms with Gasteiger partial charge in [-0.2, -0.15) is 0 Å². The Balaban J connectivity index is 1.90.